The first-order valence-electron chi connectivity index (χ1n) is 5.78. The van der Waals surface area contributed by atoms with Crippen LogP contribution in [0.25, 0.3) is 0 Å². The highest BCUT2D eigenvalue weighted by Crippen LogP contribution is 2.21. The number of ether oxygens (including phenoxy) is 1. The number of rotatable bonds is 6. The van der Waals surface area contributed by atoms with Gasteiger partial charge in [0, 0.05) is 33.1 Å². The lowest BCUT2D eigenvalue weighted by molar-refractivity contribution is 0.101. The second-order valence-electron chi connectivity index (χ2n) is 4.32. The molecule has 0 N–H and O–H groups in total. The molecule has 0 saturated carbocycles. The van der Waals surface area contributed by atoms with Gasteiger partial charge in [0.1, 0.15) is 0 Å². The van der Waals surface area contributed by atoms with Gasteiger partial charge in [0.15, 0.2) is 0 Å². The van der Waals surface area contributed by atoms with Gasteiger partial charge in [-0.3, -0.25) is 0 Å². The molecule has 0 radical (unpaired) electrons. The minimum Gasteiger partial charge on any atom is -0.377 e. The fraction of sp³-hybridized carbons (Fsp3) is 1.00. The molecule has 5 nitrogen and oxygen atoms in total. The number of alkyl halides is 1. The van der Waals surface area contributed by atoms with Gasteiger partial charge in [-0.25, -0.2) is 0 Å². The van der Waals surface area contributed by atoms with E-state index < -0.39 is 10.2 Å². The van der Waals surface area contributed by atoms with E-state index in [-0.39, 0.29) is 12.1 Å². The van der Waals surface area contributed by atoms with Crippen LogP contribution in [0.2, 0.25) is 0 Å². The van der Waals surface area contributed by atoms with Crippen molar-refractivity contribution in [1.82, 2.24) is 8.61 Å². The fourth-order valence-corrected chi connectivity index (χ4v) is 3.52. The molecule has 0 spiro atoms. The van der Waals surface area contributed by atoms with Crippen molar-refractivity contribution in [2.45, 2.75) is 31.9 Å². The van der Waals surface area contributed by atoms with Crippen LogP contribution in [0, 0.1) is 0 Å². The summed E-state index contributed by atoms with van der Waals surface area (Å²) >= 11 is 5.57. The molecule has 0 aromatic carbocycles. The van der Waals surface area contributed by atoms with E-state index in [9.17, 15) is 8.42 Å². The van der Waals surface area contributed by atoms with Crippen molar-refractivity contribution >= 4 is 21.8 Å². The molecule has 0 bridgehead atoms. The molecule has 1 saturated heterocycles. The highest BCUT2D eigenvalue weighted by molar-refractivity contribution is 7.86. The van der Waals surface area contributed by atoms with Gasteiger partial charge in [-0.2, -0.15) is 17.0 Å². The van der Waals surface area contributed by atoms with Gasteiger partial charge >= 0.3 is 0 Å². The Morgan fingerprint density at radius 2 is 2.06 bits per heavy atom. The van der Waals surface area contributed by atoms with E-state index in [1.54, 1.807) is 14.1 Å². The summed E-state index contributed by atoms with van der Waals surface area (Å²) in [5, 5.41) is 0. The Labute approximate surface area is 109 Å². The van der Waals surface area contributed by atoms with Gasteiger partial charge in [-0.1, -0.05) is 0 Å². The van der Waals surface area contributed by atoms with Crippen LogP contribution in [0.5, 0.6) is 0 Å². The normalized spacial score (nSPS) is 26.0. The molecule has 0 aromatic rings. The maximum absolute atomic E-state index is 12.2. The van der Waals surface area contributed by atoms with E-state index in [0.29, 0.717) is 25.5 Å². The summed E-state index contributed by atoms with van der Waals surface area (Å²) in [7, 11) is -0.204. The lowest BCUT2D eigenvalue weighted by atomic mass is 10.2. The molecular weight excluding hydrogens is 264 g/mol. The van der Waals surface area contributed by atoms with Crippen LogP contribution in [0.3, 0.4) is 0 Å². The zero-order chi connectivity index (χ0) is 13.1. The minimum absolute atomic E-state index is 0.0452. The molecule has 0 amide bonds. The van der Waals surface area contributed by atoms with Crippen LogP contribution in [-0.2, 0) is 14.9 Å². The summed E-state index contributed by atoms with van der Waals surface area (Å²) in [6.07, 6.45) is 1.36. The van der Waals surface area contributed by atoms with Gasteiger partial charge in [0.25, 0.3) is 10.2 Å². The Morgan fingerprint density at radius 3 is 2.53 bits per heavy atom. The molecule has 1 rings (SSSR count). The monoisotopic (exact) mass is 284 g/mol. The molecule has 2 unspecified atom stereocenters. The van der Waals surface area contributed by atoms with Crippen LogP contribution >= 0.6 is 11.6 Å². The summed E-state index contributed by atoms with van der Waals surface area (Å²) in [5.74, 6) is 0.465. The lowest BCUT2D eigenvalue weighted by Crippen LogP contribution is -2.47. The number of likely N-dealkylation sites (N-methyl/N-ethyl adjacent to an activating group) is 1. The molecular formula is C10H21ClN2O3S. The molecule has 17 heavy (non-hydrogen) atoms. The van der Waals surface area contributed by atoms with Crippen molar-refractivity contribution in [3.8, 4) is 0 Å². The Kier molecular flexibility index (Phi) is 5.66. The topological polar surface area (TPSA) is 49.9 Å². The van der Waals surface area contributed by atoms with E-state index in [0.717, 1.165) is 6.42 Å². The van der Waals surface area contributed by atoms with Crippen molar-refractivity contribution in [2.75, 3.05) is 33.1 Å². The van der Waals surface area contributed by atoms with Crippen molar-refractivity contribution in [1.29, 1.82) is 0 Å². The van der Waals surface area contributed by atoms with Crippen LogP contribution in [0.15, 0.2) is 0 Å². The minimum atomic E-state index is -3.40. The summed E-state index contributed by atoms with van der Waals surface area (Å²) in [4.78, 5) is 0. The molecule has 1 fully saturated rings. The van der Waals surface area contributed by atoms with E-state index >= 15 is 0 Å². The summed E-state index contributed by atoms with van der Waals surface area (Å²) in [6, 6.07) is -0.0709. The first-order chi connectivity index (χ1) is 7.91. The van der Waals surface area contributed by atoms with Crippen molar-refractivity contribution < 1.29 is 13.2 Å². The Balaban J connectivity index is 2.68. The number of nitrogens with zero attached hydrogens (tertiary/aromatic N) is 2. The average Bonchev–Trinajstić information content (AvgIpc) is 2.70. The van der Waals surface area contributed by atoms with Crippen molar-refractivity contribution in [3.05, 3.63) is 0 Å². The highest BCUT2D eigenvalue weighted by Gasteiger charge is 2.36. The van der Waals surface area contributed by atoms with Crippen LogP contribution in [0.1, 0.15) is 19.8 Å². The average molecular weight is 285 g/mol. The second-order valence-corrected chi connectivity index (χ2v) is 6.79. The first-order valence-corrected chi connectivity index (χ1v) is 7.71. The fourth-order valence-electron chi connectivity index (χ4n) is 1.99. The van der Waals surface area contributed by atoms with Crippen LogP contribution in [0.4, 0.5) is 0 Å². The van der Waals surface area contributed by atoms with Crippen LogP contribution < -0.4 is 0 Å². The lowest BCUT2D eigenvalue weighted by Gasteiger charge is -2.30. The predicted molar refractivity (Wildman–Crippen MR) is 68.5 cm³/mol. The molecule has 2 atom stereocenters. The molecule has 7 heteroatoms. The van der Waals surface area contributed by atoms with Crippen molar-refractivity contribution in [3.63, 3.8) is 0 Å². The standard InChI is InChI=1S/C10H21ClN2O3S/c1-9-10(5-8-16-9)13(3)17(14,15)12(2)7-4-6-11/h9-10H,4-8H2,1-3H3. The molecule has 0 aromatic heterocycles. The van der Waals surface area contributed by atoms with Crippen molar-refractivity contribution in [2.24, 2.45) is 0 Å². The summed E-state index contributed by atoms with van der Waals surface area (Å²) in [6.45, 7) is 2.97. The molecule has 1 aliphatic rings. The number of hydrogen-bond acceptors (Lipinski definition) is 3. The van der Waals surface area contributed by atoms with E-state index in [1.807, 2.05) is 6.92 Å². The molecule has 1 heterocycles. The summed E-state index contributed by atoms with van der Waals surface area (Å²) < 4.78 is 32.6. The Hall–Kier alpha value is 0.120. The third kappa shape index (κ3) is 3.54. The quantitative estimate of drug-likeness (QED) is 0.681. The van der Waals surface area contributed by atoms with E-state index in [1.165, 1.54) is 8.61 Å². The van der Waals surface area contributed by atoms with Crippen LogP contribution in [-0.4, -0.2) is 62.3 Å². The van der Waals surface area contributed by atoms with Gasteiger partial charge in [0.05, 0.1) is 12.1 Å². The maximum atomic E-state index is 12.2. The zero-order valence-corrected chi connectivity index (χ0v) is 12.2. The third-order valence-corrected chi connectivity index (χ3v) is 5.40. The van der Waals surface area contributed by atoms with Gasteiger partial charge in [-0.15, -0.1) is 11.6 Å². The Bertz CT molecular complexity index is 336. The second kappa shape index (κ2) is 6.33. The largest absolute Gasteiger partial charge is 0.377 e. The number of halogens is 1. The number of hydrogen-bond donors (Lipinski definition) is 0. The summed E-state index contributed by atoms with van der Waals surface area (Å²) in [5.41, 5.74) is 0. The zero-order valence-electron chi connectivity index (χ0n) is 10.6. The van der Waals surface area contributed by atoms with E-state index in [2.05, 4.69) is 0 Å². The highest BCUT2D eigenvalue weighted by atomic mass is 35.5. The van der Waals surface area contributed by atoms with E-state index in [4.69, 9.17) is 16.3 Å². The Morgan fingerprint density at radius 1 is 1.41 bits per heavy atom. The third-order valence-electron chi connectivity index (χ3n) is 3.17. The maximum Gasteiger partial charge on any atom is 0.281 e. The first kappa shape index (κ1) is 15.2. The van der Waals surface area contributed by atoms with Gasteiger partial charge in [0.2, 0.25) is 0 Å². The van der Waals surface area contributed by atoms with Gasteiger partial charge in [-0.05, 0) is 19.8 Å². The smallest absolute Gasteiger partial charge is 0.281 e. The molecule has 1 aliphatic heterocycles. The van der Waals surface area contributed by atoms with Gasteiger partial charge < -0.3 is 4.74 Å². The SMILES string of the molecule is CC1OCCC1N(C)S(=O)(=O)N(C)CCCCl. The predicted octanol–water partition coefficient (Wildman–Crippen LogP) is 0.901. The molecule has 102 valence electrons. The molecule has 0 aliphatic carbocycles.